The molecule has 4 aliphatic heterocycles. The maximum absolute atomic E-state index is 13.5. The molecule has 30 heavy (non-hydrogen) atoms. The number of ether oxygens (including phenoxy) is 1. The Bertz CT molecular complexity index is 783. The third-order valence-electron chi connectivity index (χ3n) is 8.26. The zero-order valence-electron chi connectivity index (χ0n) is 18.7. The average molecular weight is 412 g/mol. The lowest BCUT2D eigenvalue weighted by Crippen LogP contribution is -2.51. The molecule has 0 N–H and O–H groups in total. The highest BCUT2D eigenvalue weighted by atomic mass is 16.5. The van der Waals surface area contributed by atoms with Crippen LogP contribution < -0.4 is 9.80 Å². The van der Waals surface area contributed by atoms with E-state index in [0.29, 0.717) is 11.9 Å². The van der Waals surface area contributed by atoms with E-state index in [1.54, 1.807) is 0 Å². The molecule has 2 atom stereocenters. The van der Waals surface area contributed by atoms with Gasteiger partial charge in [0.1, 0.15) is 0 Å². The van der Waals surface area contributed by atoms with Crippen molar-refractivity contribution in [2.75, 3.05) is 49.2 Å². The molecule has 164 valence electrons. The third-order valence-corrected chi connectivity index (χ3v) is 8.26. The smallest absolute Gasteiger partial charge is 0.233 e. The zero-order chi connectivity index (χ0) is 20.7. The number of amides is 1. The summed E-state index contributed by atoms with van der Waals surface area (Å²) < 4.78 is 5.56. The molecule has 0 radical (unpaired) electrons. The van der Waals surface area contributed by atoms with E-state index >= 15 is 0 Å². The van der Waals surface area contributed by atoms with E-state index in [9.17, 15) is 4.79 Å². The van der Waals surface area contributed by atoms with E-state index in [0.717, 1.165) is 70.3 Å². The van der Waals surface area contributed by atoms with Gasteiger partial charge in [0.15, 0.2) is 0 Å². The second kappa shape index (κ2) is 8.16. The molecule has 5 rings (SSSR count). The molecule has 1 aromatic rings. The number of carbonyl (C=O) groups excluding carboxylic acids is 1. The minimum atomic E-state index is -0.184. The van der Waals surface area contributed by atoms with Crippen molar-refractivity contribution < 1.29 is 9.53 Å². The second-order valence-electron chi connectivity index (χ2n) is 10.0. The Kier molecular flexibility index (Phi) is 5.53. The molecule has 4 heterocycles. The van der Waals surface area contributed by atoms with Crippen molar-refractivity contribution in [1.29, 1.82) is 0 Å². The van der Waals surface area contributed by atoms with Crippen molar-refractivity contribution >= 4 is 17.3 Å². The molecule has 0 saturated carbocycles. The molecule has 0 bridgehead atoms. The summed E-state index contributed by atoms with van der Waals surface area (Å²) in [6.07, 6.45) is 7.83. The number of nitrogens with zero attached hydrogens (tertiary/aromatic N) is 3. The highest BCUT2D eigenvalue weighted by molar-refractivity contribution is 5.99. The Morgan fingerprint density at radius 1 is 1.03 bits per heavy atom. The number of benzene rings is 1. The van der Waals surface area contributed by atoms with Gasteiger partial charge in [-0.25, -0.2) is 0 Å². The first-order valence-corrected chi connectivity index (χ1v) is 12.1. The first kappa shape index (κ1) is 20.3. The van der Waals surface area contributed by atoms with Crippen molar-refractivity contribution in [3.05, 3.63) is 23.8 Å². The van der Waals surface area contributed by atoms with Crippen LogP contribution in [0.3, 0.4) is 0 Å². The molecule has 1 unspecified atom stereocenters. The van der Waals surface area contributed by atoms with Gasteiger partial charge in [-0.2, -0.15) is 0 Å². The molecule has 1 spiro atoms. The van der Waals surface area contributed by atoms with Crippen molar-refractivity contribution in [3.63, 3.8) is 0 Å². The SMILES string of the molecule is Cc1cc(N2CCC(N3CCC[C@@H]3C)C2)ccc1N1CCCC2(CCOCC2)C1=O. The van der Waals surface area contributed by atoms with Gasteiger partial charge in [-0.05, 0) is 89.1 Å². The van der Waals surface area contributed by atoms with Gasteiger partial charge >= 0.3 is 0 Å². The van der Waals surface area contributed by atoms with Crippen LogP contribution in [0.4, 0.5) is 11.4 Å². The Hall–Kier alpha value is -1.59. The Labute approximate surface area is 181 Å². The second-order valence-corrected chi connectivity index (χ2v) is 10.0. The van der Waals surface area contributed by atoms with Crippen LogP contribution in [-0.4, -0.2) is 62.3 Å². The number of aryl methyl sites for hydroxylation is 1. The monoisotopic (exact) mass is 411 g/mol. The molecule has 0 aromatic heterocycles. The number of piperidine rings is 1. The molecular weight excluding hydrogens is 374 g/mol. The van der Waals surface area contributed by atoms with Crippen LogP contribution in [0.25, 0.3) is 0 Å². The normalized spacial score (nSPS) is 29.9. The van der Waals surface area contributed by atoms with Gasteiger partial charge < -0.3 is 14.5 Å². The molecule has 1 aromatic carbocycles. The minimum absolute atomic E-state index is 0.184. The van der Waals surface area contributed by atoms with Crippen molar-refractivity contribution in [3.8, 4) is 0 Å². The topological polar surface area (TPSA) is 36.0 Å². The third kappa shape index (κ3) is 3.54. The molecule has 4 saturated heterocycles. The van der Waals surface area contributed by atoms with Gasteiger partial charge in [0.25, 0.3) is 0 Å². The highest BCUT2D eigenvalue weighted by Crippen LogP contribution is 2.42. The van der Waals surface area contributed by atoms with Gasteiger partial charge in [0, 0.05) is 56.3 Å². The van der Waals surface area contributed by atoms with Crippen LogP contribution in [0.1, 0.15) is 57.4 Å². The minimum Gasteiger partial charge on any atom is -0.381 e. The van der Waals surface area contributed by atoms with E-state index in [2.05, 4.69) is 46.7 Å². The lowest BCUT2D eigenvalue weighted by molar-refractivity contribution is -0.136. The molecule has 5 nitrogen and oxygen atoms in total. The van der Waals surface area contributed by atoms with E-state index in [1.165, 1.54) is 37.1 Å². The summed E-state index contributed by atoms with van der Waals surface area (Å²) in [4.78, 5) is 20.8. The summed E-state index contributed by atoms with van der Waals surface area (Å²) in [7, 11) is 0. The molecular formula is C25H37N3O2. The molecule has 4 aliphatic rings. The first-order valence-electron chi connectivity index (χ1n) is 12.1. The summed E-state index contributed by atoms with van der Waals surface area (Å²) in [6.45, 7) is 10.4. The number of hydrogen-bond donors (Lipinski definition) is 0. The van der Waals surface area contributed by atoms with Crippen molar-refractivity contribution in [1.82, 2.24) is 4.90 Å². The fourth-order valence-corrected chi connectivity index (χ4v) is 6.41. The summed E-state index contributed by atoms with van der Waals surface area (Å²) >= 11 is 0. The fraction of sp³-hybridized carbons (Fsp3) is 0.720. The summed E-state index contributed by atoms with van der Waals surface area (Å²) in [5, 5.41) is 0. The van der Waals surface area contributed by atoms with Crippen molar-refractivity contribution in [2.24, 2.45) is 5.41 Å². The number of carbonyl (C=O) groups is 1. The van der Waals surface area contributed by atoms with E-state index in [4.69, 9.17) is 4.74 Å². The lowest BCUT2D eigenvalue weighted by Gasteiger charge is -2.44. The van der Waals surface area contributed by atoms with E-state index < -0.39 is 0 Å². The Morgan fingerprint density at radius 2 is 1.87 bits per heavy atom. The largest absolute Gasteiger partial charge is 0.381 e. The Morgan fingerprint density at radius 3 is 2.60 bits per heavy atom. The van der Waals surface area contributed by atoms with Gasteiger partial charge in [-0.3, -0.25) is 9.69 Å². The van der Waals surface area contributed by atoms with Crippen LogP contribution >= 0.6 is 0 Å². The van der Waals surface area contributed by atoms with Crippen LogP contribution in [-0.2, 0) is 9.53 Å². The zero-order valence-corrected chi connectivity index (χ0v) is 18.7. The molecule has 4 fully saturated rings. The molecule has 0 aliphatic carbocycles. The maximum atomic E-state index is 13.5. The summed E-state index contributed by atoms with van der Waals surface area (Å²) in [6, 6.07) is 8.19. The van der Waals surface area contributed by atoms with Crippen LogP contribution in [0, 0.1) is 12.3 Å². The number of likely N-dealkylation sites (tertiary alicyclic amines) is 1. The van der Waals surface area contributed by atoms with Crippen LogP contribution in [0.15, 0.2) is 18.2 Å². The predicted octanol–water partition coefficient (Wildman–Crippen LogP) is 3.98. The standard InChI is InChI=1S/C25H37N3O2/c1-19-17-21(26-14-8-22(18-26)27-12-3-5-20(27)2)6-7-23(19)28-13-4-9-25(24(28)29)10-15-30-16-11-25/h6-7,17,20,22H,3-5,8-16,18H2,1-2H3/t20-,22?/m0/s1. The quantitative estimate of drug-likeness (QED) is 0.754. The molecule has 1 amide bonds. The van der Waals surface area contributed by atoms with Crippen LogP contribution in [0.5, 0.6) is 0 Å². The number of rotatable bonds is 3. The summed E-state index contributed by atoms with van der Waals surface area (Å²) in [5.74, 6) is 0.331. The predicted molar refractivity (Wildman–Crippen MR) is 121 cm³/mol. The number of anilines is 2. The van der Waals surface area contributed by atoms with Gasteiger partial charge in [0.2, 0.25) is 5.91 Å². The highest BCUT2D eigenvalue weighted by Gasteiger charge is 2.45. The first-order chi connectivity index (χ1) is 14.6. The van der Waals surface area contributed by atoms with Crippen molar-refractivity contribution in [2.45, 2.75) is 70.9 Å². The van der Waals surface area contributed by atoms with Gasteiger partial charge in [-0.15, -0.1) is 0 Å². The van der Waals surface area contributed by atoms with E-state index in [-0.39, 0.29) is 5.41 Å². The van der Waals surface area contributed by atoms with Gasteiger partial charge in [0.05, 0.1) is 5.41 Å². The fourth-order valence-electron chi connectivity index (χ4n) is 6.41. The van der Waals surface area contributed by atoms with Gasteiger partial charge in [-0.1, -0.05) is 0 Å². The Balaban J connectivity index is 1.31. The van der Waals surface area contributed by atoms with E-state index in [1.807, 2.05) is 0 Å². The number of hydrogen-bond acceptors (Lipinski definition) is 4. The maximum Gasteiger partial charge on any atom is 0.233 e. The summed E-state index contributed by atoms with van der Waals surface area (Å²) in [5.41, 5.74) is 3.47. The lowest BCUT2D eigenvalue weighted by atomic mass is 9.73. The molecule has 5 heteroatoms. The van der Waals surface area contributed by atoms with Crippen LogP contribution in [0.2, 0.25) is 0 Å². The average Bonchev–Trinajstić information content (AvgIpc) is 3.40.